The number of hydrogen-bond acceptors (Lipinski definition) is 8. The van der Waals surface area contributed by atoms with Crippen LogP contribution in [0.1, 0.15) is 5.56 Å². The zero-order valence-corrected chi connectivity index (χ0v) is 16.2. The van der Waals surface area contributed by atoms with Crippen molar-refractivity contribution in [3.05, 3.63) is 41.1 Å². The number of carbonyl (C=O) groups is 1. The molecular formula is C21H19NO7. The van der Waals surface area contributed by atoms with Gasteiger partial charge in [0.2, 0.25) is 12.5 Å². The summed E-state index contributed by atoms with van der Waals surface area (Å²) in [6, 6.07) is 7.44. The van der Waals surface area contributed by atoms with E-state index in [2.05, 4.69) is 0 Å². The fourth-order valence-corrected chi connectivity index (χ4v) is 3.96. The van der Waals surface area contributed by atoms with Crippen LogP contribution >= 0.6 is 0 Å². The van der Waals surface area contributed by atoms with Crippen molar-refractivity contribution in [3.63, 3.8) is 0 Å². The molecule has 0 spiro atoms. The molecule has 0 fully saturated rings. The van der Waals surface area contributed by atoms with E-state index in [4.69, 9.17) is 28.4 Å². The number of carbonyl (C=O) groups excluding carboxylic acids is 1. The summed E-state index contributed by atoms with van der Waals surface area (Å²) in [5.41, 5.74) is 3.94. The number of nitrogens with zero attached hydrogens (tertiary/aromatic N) is 1. The average Bonchev–Trinajstić information content (AvgIpc) is 3.35. The fourth-order valence-electron chi connectivity index (χ4n) is 3.96. The number of fused-ring (bicyclic) bond motifs is 2. The maximum Gasteiger partial charge on any atom is 0.355 e. The lowest BCUT2D eigenvalue weighted by Gasteiger charge is -2.32. The van der Waals surface area contributed by atoms with Gasteiger partial charge in [0, 0.05) is 30.2 Å². The minimum Gasteiger partial charge on any atom is -0.493 e. The summed E-state index contributed by atoms with van der Waals surface area (Å²) in [6.45, 7) is 0.445. The van der Waals surface area contributed by atoms with Gasteiger partial charge in [-0.1, -0.05) is 0 Å². The Balaban J connectivity index is 1.74. The van der Waals surface area contributed by atoms with E-state index in [-0.39, 0.29) is 19.4 Å². The van der Waals surface area contributed by atoms with E-state index >= 15 is 0 Å². The van der Waals surface area contributed by atoms with Crippen molar-refractivity contribution in [2.45, 2.75) is 6.42 Å². The molecule has 2 aromatic rings. The van der Waals surface area contributed by atoms with Crippen LogP contribution in [0, 0.1) is 0 Å². The third-order valence-corrected chi connectivity index (χ3v) is 5.26. The molecule has 0 radical (unpaired) electrons. The van der Waals surface area contributed by atoms with Gasteiger partial charge in [-0.15, -0.1) is 0 Å². The lowest BCUT2D eigenvalue weighted by molar-refractivity contribution is -0.136. The molecular weight excluding hydrogens is 378 g/mol. The van der Waals surface area contributed by atoms with Gasteiger partial charge < -0.3 is 33.3 Å². The van der Waals surface area contributed by atoms with Gasteiger partial charge in [-0.3, -0.25) is 0 Å². The number of methoxy groups -OCH3 is 3. The first-order valence-corrected chi connectivity index (χ1v) is 9.06. The van der Waals surface area contributed by atoms with E-state index in [9.17, 15) is 4.79 Å². The minimum atomic E-state index is -0.364. The molecule has 3 aliphatic heterocycles. The molecule has 0 bridgehead atoms. The van der Waals surface area contributed by atoms with Crippen molar-refractivity contribution in [3.8, 4) is 28.7 Å². The fraction of sp³-hybridized carbons (Fsp3) is 0.286. The second-order valence-corrected chi connectivity index (χ2v) is 6.76. The van der Waals surface area contributed by atoms with Crippen molar-refractivity contribution in [2.24, 2.45) is 0 Å². The van der Waals surface area contributed by atoms with Crippen molar-refractivity contribution >= 4 is 17.3 Å². The highest BCUT2D eigenvalue weighted by Crippen LogP contribution is 2.50. The number of esters is 1. The van der Waals surface area contributed by atoms with Gasteiger partial charge in [0.1, 0.15) is 12.3 Å². The Kier molecular flexibility index (Phi) is 3.94. The summed E-state index contributed by atoms with van der Waals surface area (Å²) in [5.74, 6) is 2.42. The van der Waals surface area contributed by atoms with Gasteiger partial charge in [-0.25, -0.2) is 4.79 Å². The van der Waals surface area contributed by atoms with Crippen LogP contribution in [0.15, 0.2) is 35.5 Å². The zero-order chi connectivity index (χ0) is 20.1. The average molecular weight is 397 g/mol. The van der Waals surface area contributed by atoms with Gasteiger partial charge in [0.15, 0.2) is 23.0 Å². The Morgan fingerprint density at radius 1 is 0.897 bits per heavy atom. The lowest BCUT2D eigenvalue weighted by Crippen LogP contribution is -2.26. The molecule has 150 valence electrons. The highest BCUT2D eigenvalue weighted by atomic mass is 16.7. The predicted octanol–water partition coefficient (Wildman–Crippen LogP) is 2.95. The summed E-state index contributed by atoms with van der Waals surface area (Å²) in [5, 5.41) is 0. The van der Waals surface area contributed by atoms with E-state index < -0.39 is 0 Å². The molecule has 29 heavy (non-hydrogen) atoms. The number of cyclic esters (lactones) is 1. The highest BCUT2D eigenvalue weighted by Gasteiger charge is 2.38. The number of hydrogen-bond donors (Lipinski definition) is 0. The van der Waals surface area contributed by atoms with Gasteiger partial charge in [0.25, 0.3) is 0 Å². The summed E-state index contributed by atoms with van der Waals surface area (Å²) >= 11 is 0. The SMILES string of the molecule is COc1cc(N2C3=C(COC3=O)Cc3cc4c(cc32)OCO4)cc(OC)c1OC. The van der Waals surface area contributed by atoms with Crippen LogP contribution in [0.5, 0.6) is 28.7 Å². The molecule has 2 aromatic carbocycles. The molecule has 0 aliphatic carbocycles. The summed E-state index contributed by atoms with van der Waals surface area (Å²) < 4.78 is 32.9. The Morgan fingerprint density at radius 2 is 1.59 bits per heavy atom. The molecule has 0 amide bonds. The molecule has 0 saturated heterocycles. The third-order valence-electron chi connectivity index (χ3n) is 5.26. The van der Waals surface area contributed by atoms with Gasteiger partial charge in [-0.05, 0) is 11.6 Å². The first-order chi connectivity index (χ1) is 14.1. The first-order valence-electron chi connectivity index (χ1n) is 9.06. The molecule has 0 aromatic heterocycles. The van der Waals surface area contributed by atoms with Crippen LogP contribution in [0.4, 0.5) is 11.4 Å². The minimum absolute atomic E-state index is 0.178. The standard InChI is InChI=1S/C21H19NO7/c1-24-17-6-13(7-18(25-2)20(17)26-3)22-14-8-16-15(28-10-29-16)5-11(14)4-12-9-27-21(23)19(12)22/h5-8H,4,9-10H2,1-3H3. The molecule has 8 nitrogen and oxygen atoms in total. The van der Waals surface area contributed by atoms with Crippen LogP contribution in [0.2, 0.25) is 0 Å². The van der Waals surface area contributed by atoms with Crippen LogP contribution in [-0.4, -0.2) is 40.7 Å². The van der Waals surface area contributed by atoms with Crippen LogP contribution in [-0.2, 0) is 16.0 Å². The summed E-state index contributed by atoms with van der Waals surface area (Å²) in [4.78, 5) is 14.5. The molecule has 3 aliphatic rings. The smallest absolute Gasteiger partial charge is 0.355 e. The van der Waals surface area contributed by atoms with E-state index in [1.807, 2.05) is 17.0 Å². The molecule has 0 saturated carbocycles. The molecule has 0 N–H and O–H groups in total. The Hall–Kier alpha value is -3.55. The van der Waals surface area contributed by atoms with E-state index in [1.165, 1.54) is 0 Å². The van der Waals surface area contributed by atoms with Crippen LogP contribution in [0.25, 0.3) is 0 Å². The number of benzene rings is 2. The van der Waals surface area contributed by atoms with Crippen molar-refractivity contribution in [2.75, 3.05) is 39.6 Å². The molecule has 3 heterocycles. The second-order valence-electron chi connectivity index (χ2n) is 6.76. The number of ether oxygens (including phenoxy) is 6. The first kappa shape index (κ1) is 17.5. The quantitative estimate of drug-likeness (QED) is 0.729. The Bertz CT molecular complexity index is 1030. The highest BCUT2D eigenvalue weighted by molar-refractivity contribution is 6.01. The molecule has 5 rings (SSSR count). The van der Waals surface area contributed by atoms with Gasteiger partial charge in [-0.2, -0.15) is 0 Å². The van der Waals surface area contributed by atoms with Crippen LogP contribution in [0.3, 0.4) is 0 Å². The van der Waals surface area contributed by atoms with Crippen LogP contribution < -0.4 is 28.6 Å². The van der Waals surface area contributed by atoms with E-state index in [0.29, 0.717) is 46.6 Å². The van der Waals surface area contributed by atoms with Gasteiger partial charge in [0.05, 0.1) is 32.7 Å². The van der Waals surface area contributed by atoms with E-state index in [1.54, 1.807) is 33.5 Å². The van der Waals surface area contributed by atoms with Crippen molar-refractivity contribution < 1.29 is 33.2 Å². The maximum atomic E-state index is 12.6. The Morgan fingerprint density at radius 3 is 2.24 bits per heavy atom. The van der Waals surface area contributed by atoms with E-state index in [0.717, 1.165) is 16.8 Å². The zero-order valence-electron chi connectivity index (χ0n) is 16.2. The van der Waals surface area contributed by atoms with Crippen molar-refractivity contribution in [1.29, 1.82) is 0 Å². The monoisotopic (exact) mass is 397 g/mol. The molecule has 0 atom stereocenters. The topological polar surface area (TPSA) is 75.7 Å². The summed E-state index contributed by atoms with van der Waals surface area (Å²) in [7, 11) is 4.65. The Labute approximate surface area is 167 Å². The lowest BCUT2D eigenvalue weighted by atomic mass is 9.95. The normalized spacial score (nSPS) is 16.4. The number of rotatable bonds is 4. The third kappa shape index (κ3) is 2.55. The summed E-state index contributed by atoms with van der Waals surface area (Å²) in [6.07, 6.45) is 0.605. The van der Waals surface area contributed by atoms with Crippen molar-refractivity contribution in [1.82, 2.24) is 0 Å². The number of anilines is 2. The predicted molar refractivity (Wildman–Crippen MR) is 102 cm³/mol. The maximum absolute atomic E-state index is 12.6. The second kappa shape index (κ2) is 6.51. The van der Waals surface area contributed by atoms with Gasteiger partial charge >= 0.3 is 5.97 Å². The molecule has 0 unspecified atom stereocenters. The largest absolute Gasteiger partial charge is 0.493 e. The molecule has 8 heteroatoms.